The fourth-order valence-electron chi connectivity index (χ4n) is 2.30. The number of aromatic nitrogens is 2. The second-order valence-electron chi connectivity index (χ2n) is 5.49. The summed E-state index contributed by atoms with van der Waals surface area (Å²) in [5.41, 5.74) is 6.22. The molecule has 0 spiro atoms. The summed E-state index contributed by atoms with van der Waals surface area (Å²) in [5, 5.41) is 10.4. The zero-order chi connectivity index (χ0) is 15.9. The van der Waals surface area contributed by atoms with Crippen molar-refractivity contribution in [2.75, 3.05) is 0 Å². The monoisotopic (exact) mass is 310 g/mol. The highest BCUT2D eigenvalue weighted by Gasteiger charge is 2.15. The molecule has 22 heavy (non-hydrogen) atoms. The van der Waals surface area contributed by atoms with Gasteiger partial charge in [-0.2, -0.15) is 0 Å². The van der Waals surface area contributed by atoms with Crippen LogP contribution in [0.25, 0.3) is 21.8 Å². The number of benzene rings is 1. The highest BCUT2D eigenvalue weighted by molar-refractivity contribution is 7.15. The van der Waals surface area contributed by atoms with E-state index in [1.165, 1.54) is 4.88 Å². The highest BCUT2D eigenvalue weighted by atomic mass is 32.1. The molecule has 3 aromatic rings. The van der Waals surface area contributed by atoms with Crippen LogP contribution in [0.4, 0.5) is 0 Å². The molecule has 4 heteroatoms. The number of hydrogen-bond acceptors (Lipinski definition) is 4. The van der Waals surface area contributed by atoms with Gasteiger partial charge in [0.05, 0.1) is 5.69 Å². The van der Waals surface area contributed by atoms with E-state index in [9.17, 15) is 5.11 Å². The smallest absolute Gasteiger partial charge is 0.143 e. The molecule has 2 aromatic heterocycles. The van der Waals surface area contributed by atoms with Crippen LogP contribution in [0.15, 0.2) is 30.3 Å². The minimum absolute atomic E-state index is 0.267. The number of aromatic hydroxyl groups is 1. The van der Waals surface area contributed by atoms with Crippen LogP contribution >= 0.6 is 11.3 Å². The lowest BCUT2D eigenvalue weighted by molar-refractivity contribution is 0.475. The van der Waals surface area contributed by atoms with Crippen LogP contribution in [0, 0.1) is 27.7 Å². The quantitative estimate of drug-likeness (QED) is 0.738. The van der Waals surface area contributed by atoms with Gasteiger partial charge in [0, 0.05) is 16.1 Å². The van der Waals surface area contributed by atoms with Gasteiger partial charge in [-0.05, 0) is 57.0 Å². The minimum atomic E-state index is 0.267. The Kier molecular flexibility index (Phi) is 3.71. The number of pyridine rings is 1. The van der Waals surface area contributed by atoms with Crippen LogP contribution in [-0.2, 0) is 0 Å². The topological polar surface area (TPSA) is 46.0 Å². The molecule has 0 amide bonds. The third-order valence-corrected chi connectivity index (χ3v) is 4.96. The molecule has 0 unspecified atom stereocenters. The molecule has 0 radical (unpaired) electrons. The molecule has 0 saturated heterocycles. The largest absolute Gasteiger partial charge is 0.508 e. The number of phenolic OH excluding ortho intramolecular Hbond substituents is 1. The molecule has 0 aliphatic carbocycles. The summed E-state index contributed by atoms with van der Waals surface area (Å²) in [5.74, 6) is 0.267. The van der Waals surface area contributed by atoms with E-state index in [1.54, 1.807) is 23.5 Å². The number of rotatable bonds is 2. The SMILES string of the molecule is Cc1cc(-c2ccc(O)cc2)c(-c2nc(C)c(C)s2)nc1C. The maximum Gasteiger partial charge on any atom is 0.143 e. The Labute approximate surface area is 134 Å². The second kappa shape index (κ2) is 5.54. The number of phenols is 1. The van der Waals surface area contributed by atoms with E-state index in [-0.39, 0.29) is 5.75 Å². The zero-order valence-corrected chi connectivity index (χ0v) is 14.0. The molecule has 0 aliphatic rings. The summed E-state index contributed by atoms with van der Waals surface area (Å²) in [6.45, 7) is 8.19. The summed E-state index contributed by atoms with van der Waals surface area (Å²) in [6.07, 6.45) is 0. The van der Waals surface area contributed by atoms with Gasteiger partial charge in [-0.3, -0.25) is 0 Å². The van der Waals surface area contributed by atoms with Crippen molar-refractivity contribution in [2.45, 2.75) is 27.7 Å². The molecule has 1 aromatic carbocycles. The van der Waals surface area contributed by atoms with Gasteiger partial charge in [0.1, 0.15) is 16.5 Å². The van der Waals surface area contributed by atoms with Gasteiger partial charge in [0.15, 0.2) is 0 Å². The average molecular weight is 310 g/mol. The molecular weight excluding hydrogens is 292 g/mol. The van der Waals surface area contributed by atoms with Gasteiger partial charge in [-0.25, -0.2) is 9.97 Å². The summed E-state index contributed by atoms with van der Waals surface area (Å²) >= 11 is 1.67. The fraction of sp³-hybridized carbons (Fsp3) is 0.222. The Balaban J connectivity index is 2.24. The van der Waals surface area contributed by atoms with Gasteiger partial charge in [-0.15, -0.1) is 11.3 Å². The molecule has 0 atom stereocenters. The first kappa shape index (κ1) is 14.7. The van der Waals surface area contributed by atoms with Crippen molar-refractivity contribution < 1.29 is 5.11 Å². The lowest BCUT2D eigenvalue weighted by atomic mass is 10.0. The van der Waals surface area contributed by atoms with Crippen molar-refractivity contribution in [3.05, 3.63) is 52.2 Å². The number of thiazole rings is 1. The molecule has 2 heterocycles. The Hall–Kier alpha value is -2.20. The number of nitrogens with zero attached hydrogens (tertiary/aromatic N) is 2. The van der Waals surface area contributed by atoms with Crippen LogP contribution in [0.2, 0.25) is 0 Å². The van der Waals surface area contributed by atoms with Crippen LogP contribution in [-0.4, -0.2) is 15.1 Å². The lowest BCUT2D eigenvalue weighted by Crippen LogP contribution is -1.95. The Morgan fingerprint density at radius 1 is 0.909 bits per heavy atom. The lowest BCUT2D eigenvalue weighted by Gasteiger charge is -2.11. The Morgan fingerprint density at radius 3 is 2.18 bits per heavy atom. The Bertz CT molecular complexity index is 816. The van der Waals surface area contributed by atoms with Crippen LogP contribution in [0.1, 0.15) is 21.8 Å². The van der Waals surface area contributed by atoms with Gasteiger partial charge in [0.25, 0.3) is 0 Å². The van der Waals surface area contributed by atoms with Crippen molar-refractivity contribution >= 4 is 11.3 Å². The summed E-state index contributed by atoms with van der Waals surface area (Å²) in [7, 11) is 0. The maximum absolute atomic E-state index is 9.50. The van der Waals surface area contributed by atoms with E-state index in [0.717, 1.165) is 38.8 Å². The predicted octanol–water partition coefficient (Wildman–Crippen LogP) is 4.81. The Morgan fingerprint density at radius 2 is 1.59 bits per heavy atom. The molecule has 3 rings (SSSR count). The van der Waals surface area contributed by atoms with Gasteiger partial charge in [0.2, 0.25) is 0 Å². The van der Waals surface area contributed by atoms with Crippen molar-refractivity contribution in [3.63, 3.8) is 0 Å². The average Bonchev–Trinajstić information content (AvgIpc) is 2.82. The second-order valence-corrected chi connectivity index (χ2v) is 6.70. The van der Waals surface area contributed by atoms with E-state index in [2.05, 4.69) is 24.9 Å². The molecular formula is C18H18N2OS. The van der Waals surface area contributed by atoms with Gasteiger partial charge >= 0.3 is 0 Å². The van der Waals surface area contributed by atoms with E-state index in [4.69, 9.17) is 4.98 Å². The van der Waals surface area contributed by atoms with E-state index < -0.39 is 0 Å². The highest BCUT2D eigenvalue weighted by Crippen LogP contribution is 2.35. The standard InChI is InChI=1S/C18H18N2OS/c1-10-9-16(14-5-7-15(21)8-6-14)17(19-11(10)2)18-20-12(3)13(4)22-18/h5-9,21H,1-4H3. The first-order valence-corrected chi connectivity index (χ1v) is 7.99. The van der Waals surface area contributed by atoms with Crippen molar-refractivity contribution in [1.29, 1.82) is 0 Å². The molecule has 3 nitrogen and oxygen atoms in total. The fourth-order valence-corrected chi connectivity index (χ4v) is 3.22. The van der Waals surface area contributed by atoms with Crippen LogP contribution in [0.3, 0.4) is 0 Å². The van der Waals surface area contributed by atoms with Gasteiger partial charge < -0.3 is 5.11 Å². The summed E-state index contributed by atoms with van der Waals surface area (Å²) < 4.78 is 0. The predicted molar refractivity (Wildman–Crippen MR) is 91.4 cm³/mol. The van der Waals surface area contributed by atoms with E-state index >= 15 is 0 Å². The third-order valence-electron chi connectivity index (χ3n) is 3.88. The van der Waals surface area contributed by atoms with Crippen LogP contribution in [0.5, 0.6) is 5.75 Å². The molecule has 0 saturated carbocycles. The maximum atomic E-state index is 9.50. The van der Waals surface area contributed by atoms with Gasteiger partial charge in [-0.1, -0.05) is 12.1 Å². The minimum Gasteiger partial charge on any atom is -0.508 e. The van der Waals surface area contributed by atoms with Crippen LogP contribution < -0.4 is 0 Å². The molecule has 0 fully saturated rings. The van der Waals surface area contributed by atoms with Crippen molar-refractivity contribution in [3.8, 4) is 27.6 Å². The molecule has 0 aliphatic heterocycles. The van der Waals surface area contributed by atoms with Crippen molar-refractivity contribution in [2.24, 2.45) is 0 Å². The molecule has 0 bridgehead atoms. The third kappa shape index (κ3) is 2.62. The summed E-state index contributed by atoms with van der Waals surface area (Å²) in [6, 6.07) is 9.38. The first-order valence-electron chi connectivity index (χ1n) is 7.17. The number of aryl methyl sites for hydroxylation is 4. The normalized spacial score (nSPS) is 10.9. The van der Waals surface area contributed by atoms with Crippen molar-refractivity contribution in [1.82, 2.24) is 9.97 Å². The van der Waals surface area contributed by atoms with E-state index in [0.29, 0.717) is 0 Å². The zero-order valence-electron chi connectivity index (χ0n) is 13.1. The molecule has 112 valence electrons. The number of hydrogen-bond donors (Lipinski definition) is 1. The van der Waals surface area contributed by atoms with E-state index in [1.807, 2.05) is 26.0 Å². The molecule has 1 N–H and O–H groups in total. The first-order chi connectivity index (χ1) is 10.5. The summed E-state index contributed by atoms with van der Waals surface area (Å²) in [4.78, 5) is 10.7.